The van der Waals surface area contributed by atoms with E-state index in [4.69, 9.17) is 6.42 Å². The van der Waals surface area contributed by atoms with Crippen LogP contribution in [-0.2, 0) is 0 Å². The third kappa shape index (κ3) is 2.92. The lowest BCUT2D eigenvalue weighted by Crippen LogP contribution is -2.24. The zero-order valence-corrected chi connectivity index (χ0v) is 10.2. The zero-order chi connectivity index (χ0) is 12.8. The summed E-state index contributed by atoms with van der Waals surface area (Å²) in [6.07, 6.45) is 7.79. The summed E-state index contributed by atoms with van der Waals surface area (Å²) in [4.78, 5) is 15.0. The van der Waals surface area contributed by atoms with Gasteiger partial charge >= 0.3 is 0 Å². The predicted octanol–water partition coefficient (Wildman–Crippen LogP) is 2.70. The van der Waals surface area contributed by atoms with Gasteiger partial charge in [-0.25, -0.2) is 0 Å². The van der Waals surface area contributed by atoms with Crippen molar-refractivity contribution in [3.63, 3.8) is 0 Å². The number of H-pyrrole nitrogens is 1. The lowest BCUT2D eigenvalue weighted by molar-refractivity contribution is 0.0949. The molecule has 3 heteroatoms. The largest absolute Gasteiger partial charge is 0.351 e. The molecule has 0 saturated carbocycles. The monoisotopic (exact) mass is 240 g/mol. The van der Waals surface area contributed by atoms with Gasteiger partial charge in [-0.3, -0.25) is 4.79 Å². The number of benzene rings is 1. The maximum atomic E-state index is 11.9. The normalized spacial score (nSPS) is 10.2. The molecule has 18 heavy (non-hydrogen) atoms. The molecule has 0 atom stereocenters. The number of terminal acetylenes is 1. The van der Waals surface area contributed by atoms with Crippen molar-refractivity contribution in [1.29, 1.82) is 0 Å². The van der Waals surface area contributed by atoms with Gasteiger partial charge in [-0.05, 0) is 25.0 Å². The van der Waals surface area contributed by atoms with Crippen LogP contribution < -0.4 is 5.32 Å². The lowest BCUT2D eigenvalue weighted by Gasteiger charge is -2.02. The Balaban J connectivity index is 1.91. The zero-order valence-electron chi connectivity index (χ0n) is 10.2. The fourth-order valence-corrected chi connectivity index (χ4v) is 1.84. The number of unbranched alkanes of at least 4 members (excludes halogenated alkanes) is 2. The fourth-order valence-electron chi connectivity index (χ4n) is 1.84. The Bertz CT molecular complexity index is 544. The molecule has 0 aliphatic rings. The molecule has 0 aliphatic carbocycles. The molecular formula is C15H16N2O. The molecule has 0 bridgehead atoms. The van der Waals surface area contributed by atoms with Crippen LogP contribution in [0.25, 0.3) is 10.9 Å². The Hall–Kier alpha value is -2.21. The third-order valence-corrected chi connectivity index (χ3v) is 2.81. The van der Waals surface area contributed by atoms with Gasteiger partial charge in [0.2, 0.25) is 0 Å². The van der Waals surface area contributed by atoms with E-state index in [-0.39, 0.29) is 5.91 Å². The summed E-state index contributed by atoms with van der Waals surface area (Å²) < 4.78 is 0. The van der Waals surface area contributed by atoms with E-state index >= 15 is 0 Å². The Morgan fingerprint density at radius 3 is 2.94 bits per heavy atom. The van der Waals surface area contributed by atoms with Crippen LogP contribution in [0.2, 0.25) is 0 Å². The van der Waals surface area contributed by atoms with Gasteiger partial charge in [0.1, 0.15) is 5.69 Å². The molecule has 3 nitrogen and oxygen atoms in total. The van der Waals surface area contributed by atoms with Crippen LogP contribution in [-0.4, -0.2) is 17.4 Å². The minimum Gasteiger partial charge on any atom is -0.351 e. The minimum atomic E-state index is -0.0630. The van der Waals surface area contributed by atoms with E-state index in [1.54, 1.807) is 0 Å². The molecule has 92 valence electrons. The maximum Gasteiger partial charge on any atom is 0.267 e. The van der Waals surface area contributed by atoms with Crippen LogP contribution in [0.15, 0.2) is 30.3 Å². The fraction of sp³-hybridized carbons (Fsp3) is 0.267. The molecular weight excluding hydrogens is 224 g/mol. The van der Waals surface area contributed by atoms with Gasteiger partial charge in [0, 0.05) is 23.9 Å². The van der Waals surface area contributed by atoms with E-state index < -0.39 is 0 Å². The smallest absolute Gasteiger partial charge is 0.267 e. The molecule has 1 aromatic carbocycles. The van der Waals surface area contributed by atoms with Gasteiger partial charge < -0.3 is 10.3 Å². The van der Waals surface area contributed by atoms with Crippen molar-refractivity contribution in [3.05, 3.63) is 36.0 Å². The van der Waals surface area contributed by atoms with Crippen molar-refractivity contribution in [2.75, 3.05) is 6.54 Å². The Morgan fingerprint density at radius 2 is 2.17 bits per heavy atom. The van der Waals surface area contributed by atoms with Gasteiger partial charge in [0.25, 0.3) is 5.91 Å². The number of aromatic amines is 1. The van der Waals surface area contributed by atoms with E-state index in [1.165, 1.54) is 0 Å². The molecule has 0 saturated heterocycles. The SMILES string of the molecule is C#CCCCCNC(=O)c1cc2ccccc2[nH]1. The topological polar surface area (TPSA) is 44.9 Å². The number of hydrogen-bond acceptors (Lipinski definition) is 1. The number of fused-ring (bicyclic) bond motifs is 1. The van der Waals surface area contributed by atoms with Gasteiger partial charge in [0.15, 0.2) is 0 Å². The number of para-hydroxylation sites is 1. The summed E-state index contributed by atoms with van der Waals surface area (Å²) in [7, 11) is 0. The Morgan fingerprint density at radius 1 is 1.33 bits per heavy atom. The van der Waals surface area contributed by atoms with E-state index in [9.17, 15) is 4.79 Å². The molecule has 0 radical (unpaired) electrons. The highest BCUT2D eigenvalue weighted by atomic mass is 16.1. The predicted molar refractivity (Wildman–Crippen MR) is 73.3 cm³/mol. The highest BCUT2D eigenvalue weighted by molar-refractivity contribution is 5.97. The van der Waals surface area contributed by atoms with Crippen molar-refractivity contribution >= 4 is 16.8 Å². The second kappa shape index (κ2) is 5.92. The first-order valence-electron chi connectivity index (χ1n) is 6.10. The van der Waals surface area contributed by atoms with Crippen LogP contribution >= 0.6 is 0 Å². The lowest BCUT2D eigenvalue weighted by atomic mass is 10.2. The average Bonchev–Trinajstić information content (AvgIpc) is 2.82. The van der Waals surface area contributed by atoms with Crippen molar-refractivity contribution in [2.45, 2.75) is 19.3 Å². The summed E-state index contributed by atoms with van der Waals surface area (Å²) in [6, 6.07) is 9.71. The number of amides is 1. The second-order valence-electron chi connectivity index (χ2n) is 4.19. The second-order valence-corrected chi connectivity index (χ2v) is 4.19. The summed E-state index contributed by atoms with van der Waals surface area (Å²) >= 11 is 0. The van der Waals surface area contributed by atoms with Crippen molar-refractivity contribution in [1.82, 2.24) is 10.3 Å². The molecule has 1 heterocycles. The first-order valence-corrected chi connectivity index (χ1v) is 6.10. The molecule has 1 amide bonds. The number of hydrogen-bond donors (Lipinski definition) is 2. The van der Waals surface area contributed by atoms with Crippen LogP contribution in [0.4, 0.5) is 0 Å². The third-order valence-electron chi connectivity index (χ3n) is 2.81. The van der Waals surface area contributed by atoms with Crippen molar-refractivity contribution in [2.24, 2.45) is 0 Å². The van der Waals surface area contributed by atoms with Gasteiger partial charge in [-0.15, -0.1) is 12.3 Å². The molecule has 0 aliphatic heterocycles. The number of carbonyl (C=O) groups excluding carboxylic acids is 1. The summed E-state index contributed by atoms with van der Waals surface area (Å²) in [5.41, 5.74) is 1.59. The molecule has 2 rings (SSSR count). The minimum absolute atomic E-state index is 0.0630. The maximum absolute atomic E-state index is 11.9. The molecule has 2 N–H and O–H groups in total. The highest BCUT2D eigenvalue weighted by Crippen LogP contribution is 2.14. The van der Waals surface area contributed by atoms with Crippen LogP contribution in [0.1, 0.15) is 29.8 Å². The Kier molecular flexibility index (Phi) is 4.03. The van der Waals surface area contributed by atoms with Gasteiger partial charge in [-0.2, -0.15) is 0 Å². The molecule has 0 fully saturated rings. The standard InChI is InChI=1S/C15H16N2O/c1-2-3-4-7-10-16-15(18)14-11-12-8-5-6-9-13(12)17-14/h1,5-6,8-9,11,17H,3-4,7,10H2,(H,16,18). The highest BCUT2D eigenvalue weighted by Gasteiger charge is 2.07. The average molecular weight is 240 g/mol. The number of rotatable bonds is 5. The number of nitrogens with one attached hydrogen (secondary N) is 2. The van der Waals surface area contributed by atoms with Crippen molar-refractivity contribution < 1.29 is 4.79 Å². The van der Waals surface area contributed by atoms with Crippen molar-refractivity contribution in [3.8, 4) is 12.3 Å². The summed E-state index contributed by atoms with van der Waals surface area (Å²) in [5.74, 6) is 2.52. The quantitative estimate of drug-likeness (QED) is 0.612. The van der Waals surface area contributed by atoms with Gasteiger partial charge in [0.05, 0.1) is 0 Å². The molecule has 0 spiro atoms. The molecule has 2 aromatic rings. The van der Waals surface area contributed by atoms with E-state index in [0.29, 0.717) is 12.2 Å². The molecule has 1 aromatic heterocycles. The summed E-state index contributed by atoms with van der Waals surface area (Å²) in [6.45, 7) is 0.663. The Labute approximate surface area is 107 Å². The van der Waals surface area contributed by atoms with E-state index in [1.807, 2.05) is 30.3 Å². The molecule has 0 unspecified atom stereocenters. The van der Waals surface area contributed by atoms with Gasteiger partial charge in [-0.1, -0.05) is 18.2 Å². The first kappa shape index (κ1) is 12.3. The number of carbonyl (C=O) groups is 1. The first-order chi connectivity index (χ1) is 8.81. The van der Waals surface area contributed by atoms with Crippen LogP contribution in [0.5, 0.6) is 0 Å². The summed E-state index contributed by atoms with van der Waals surface area (Å²) in [5, 5.41) is 3.93. The number of aromatic nitrogens is 1. The van der Waals surface area contributed by atoms with Crippen LogP contribution in [0.3, 0.4) is 0 Å². The van der Waals surface area contributed by atoms with E-state index in [0.717, 1.165) is 30.2 Å². The van der Waals surface area contributed by atoms with E-state index in [2.05, 4.69) is 16.2 Å². The van der Waals surface area contributed by atoms with Crippen LogP contribution in [0, 0.1) is 12.3 Å².